The molecule has 2 aromatic rings. The summed E-state index contributed by atoms with van der Waals surface area (Å²) >= 11 is 0. The fourth-order valence-corrected chi connectivity index (χ4v) is 4.36. The number of para-hydroxylation sites is 1. The molecule has 0 saturated carbocycles. The Morgan fingerprint density at radius 2 is 2.00 bits per heavy atom. The van der Waals surface area contributed by atoms with Gasteiger partial charge in [-0.2, -0.15) is 0 Å². The molecule has 2 aliphatic heterocycles. The summed E-state index contributed by atoms with van der Waals surface area (Å²) in [5.74, 6) is 0.104. The van der Waals surface area contributed by atoms with Crippen LogP contribution in [0.3, 0.4) is 0 Å². The average molecular weight is 378 g/mol. The highest BCUT2D eigenvalue weighted by molar-refractivity contribution is 5.85. The van der Waals surface area contributed by atoms with E-state index in [9.17, 15) is 4.79 Å². The number of piperidine rings is 1. The predicted molar refractivity (Wildman–Crippen MR) is 106 cm³/mol. The molecule has 5 nitrogen and oxygen atoms in total. The quantitative estimate of drug-likeness (QED) is 0.894. The fourth-order valence-electron chi connectivity index (χ4n) is 4.36. The molecule has 2 saturated heterocycles. The van der Waals surface area contributed by atoms with Crippen molar-refractivity contribution in [1.82, 2.24) is 14.8 Å². The van der Waals surface area contributed by atoms with Gasteiger partial charge >= 0.3 is 0 Å². The third-order valence-electron chi connectivity index (χ3n) is 5.82. The molecule has 142 valence electrons. The van der Waals surface area contributed by atoms with Crippen LogP contribution in [-0.2, 0) is 16.0 Å². The van der Waals surface area contributed by atoms with Gasteiger partial charge in [0.2, 0.25) is 0 Å². The number of nitrogens with one attached hydrogen (secondary N) is 1. The van der Waals surface area contributed by atoms with Crippen LogP contribution in [0.25, 0.3) is 10.9 Å². The number of carbonyl (C=O) groups is 1. The van der Waals surface area contributed by atoms with Crippen molar-refractivity contribution < 1.29 is 9.53 Å². The van der Waals surface area contributed by atoms with Crippen molar-refractivity contribution >= 4 is 29.2 Å². The molecule has 2 aliphatic rings. The summed E-state index contributed by atoms with van der Waals surface area (Å²) in [6, 6.07) is 8.49. The van der Waals surface area contributed by atoms with Gasteiger partial charge in [0, 0.05) is 50.3 Å². The van der Waals surface area contributed by atoms with Gasteiger partial charge < -0.3 is 19.5 Å². The molecule has 2 fully saturated rings. The minimum absolute atomic E-state index is 0. The van der Waals surface area contributed by atoms with Crippen LogP contribution in [0.2, 0.25) is 0 Å². The van der Waals surface area contributed by atoms with Crippen molar-refractivity contribution in [2.24, 2.45) is 0 Å². The molecule has 0 bridgehead atoms. The normalized spacial score (nSPS) is 23.4. The lowest BCUT2D eigenvalue weighted by Crippen LogP contribution is -2.60. The van der Waals surface area contributed by atoms with Crippen LogP contribution in [0.15, 0.2) is 30.5 Å². The van der Waals surface area contributed by atoms with Gasteiger partial charge in [0.1, 0.15) is 6.10 Å². The number of morpholine rings is 1. The smallest absolute Gasteiger partial charge is 0.251 e. The van der Waals surface area contributed by atoms with E-state index in [0.717, 1.165) is 45.4 Å². The Labute approximate surface area is 161 Å². The number of halogens is 1. The fraction of sp³-hybridized carbons (Fsp3) is 0.550. The molecule has 4 rings (SSSR count). The second-order valence-corrected chi connectivity index (χ2v) is 7.59. The number of aromatic nitrogens is 1. The van der Waals surface area contributed by atoms with E-state index in [-0.39, 0.29) is 30.0 Å². The van der Waals surface area contributed by atoms with Crippen molar-refractivity contribution in [3.8, 4) is 0 Å². The van der Waals surface area contributed by atoms with Crippen LogP contribution in [0.1, 0.15) is 25.3 Å². The molecular formula is C20H28ClN3O2. The van der Waals surface area contributed by atoms with E-state index in [1.165, 1.54) is 16.5 Å². The molecule has 1 atom stereocenters. The number of hydrogen-bond acceptors (Lipinski definition) is 3. The standard InChI is InChI=1S/C20H27N3O2.ClH/c1-15-19(24)22(2)14-20(25-15)8-11-23(12-9-20)10-7-16-13-21-18-6-4-3-5-17(16)18;/h3-6,13,15,21H,7-12,14H2,1-2H3;1H. The highest BCUT2D eigenvalue weighted by Crippen LogP contribution is 2.32. The summed E-state index contributed by atoms with van der Waals surface area (Å²) in [7, 11) is 1.90. The van der Waals surface area contributed by atoms with Gasteiger partial charge in [-0.25, -0.2) is 0 Å². The summed E-state index contributed by atoms with van der Waals surface area (Å²) in [4.78, 5) is 19.7. The van der Waals surface area contributed by atoms with Gasteiger partial charge in [-0.15, -0.1) is 12.4 Å². The zero-order valence-electron chi connectivity index (χ0n) is 15.5. The minimum atomic E-state index is -0.309. The molecule has 1 N–H and O–H groups in total. The third-order valence-corrected chi connectivity index (χ3v) is 5.82. The molecule has 1 spiro atoms. The predicted octanol–water partition coefficient (Wildman–Crippen LogP) is 2.84. The Kier molecular flexibility index (Phi) is 5.61. The first-order chi connectivity index (χ1) is 12.1. The van der Waals surface area contributed by atoms with Crippen LogP contribution < -0.4 is 0 Å². The van der Waals surface area contributed by atoms with Gasteiger partial charge in [0.05, 0.1) is 5.60 Å². The lowest BCUT2D eigenvalue weighted by atomic mass is 9.88. The number of amides is 1. The number of nitrogens with zero attached hydrogens (tertiary/aromatic N) is 2. The third kappa shape index (κ3) is 3.61. The summed E-state index contributed by atoms with van der Waals surface area (Å²) in [5, 5.41) is 1.33. The van der Waals surface area contributed by atoms with E-state index >= 15 is 0 Å². The maximum Gasteiger partial charge on any atom is 0.251 e. The maximum atomic E-state index is 11.9. The second-order valence-electron chi connectivity index (χ2n) is 7.59. The molecule has 1 amide bonds. The number of ether oxygens (including phenoxy) is 1. The molecule has 26 heavy (non-hydrogen) atoms. The highest BCUT2D eigenvalue weighted by Gasteiger charge is 2.44. The Morgan fingerprint density at radius 3 is 2.73 bits per heavy atom. The van der Waals surface area contributed by atoms with E-state index in [1.807, 2.05) is 18.9 Å². The Morgan fingerprint density at radius 1 is 1.27 bits per heavy atom. The first-order valence-corrected chi connectivity index (χ1v) is 9.26. The lowest BCUT2D eigenvalue weighted by molar-refractivity contribution is -0.186. The SMILES string of the molecule is CC1OC2(CCN(CCc3c[nH]c4ccccc34)CC2)CN(C)C1=O.Cl. The van der Waals surface area contributed by atoms with Gasteiger partial charge in [-0.1, -0.05) is 18.2 Å². The number of fused-ring (bicyclic) bond motifs is 1. The lowest BCUT2D eigenvalue weighted by Gasteiger charge is -2.48. The summed E-state index contributed by atoms with van der Waals surface area (Å²) < 4.78 is 6.13. The van der Waals surface area contributed by atoms with Crippen molar-refractivity contribution in [3.63, 3.8) is 0 Å². The average Bonchev–Trinajstić information content (AvgIpc) is 3.03. The van der Waals surface area contributed by atoms with E-state index in [0.29, 0.717) is 0 Å². The van der Waals surface area contributed by atoms with Crippen LogP contribution in [-0.4, -0.2) is 65.6 Å². The van der Waals surface area contributed by atoms with Gasteiger partial charge in [0.15, 0.2) is 0 Å². The molecule has 0 radical (unpaired) electrons. The Balaban J connectivity index is 0.00000196. The van der Waals surface area contributed by atoms with Gasteiger partial charge in [-0.3, -0.25) is 4.79 Å². The van der Waals surface area contributed by atoms with Crippen LogP contribution >= 0.6 is 12.4 Å². The van der Waals surface area contributed by atoms with E-state index in [4.69, 9.17) is 4.74 Å². The number of H-pyrrole nitrogens is 1. The molecule has 1 aromatic heterocycles. The number of hydrogen-bond donors (Lipinski definition) is 1. The number of likely N-dealkylation sites (tertiary alicyclic amines) is 1. The second kappa shape index (κ2) is 7.59. The number of aromatic amines is 1. The van der Waals surface area contributed by atoms with Crippen molar-refractivity contribution in [2.45, 2.75) is 37.9 Å². The monoisotopic (exact) mass is 377 g/mol. The van der Waals surface area contributed by atoms with Crippen LogP contribution in [0.4, 0.5) is 0 Å². The van der Waals surface area contributed by atoms with Gasteiger partial charge in [0.25, 0.3) is 5.91 Å². The zero-order valence-corrected chi connectivity index (χ0v) is 16.3. The summed E-state index contributed by atoms with van der Waals surface area (Å²) in [6.07, 6.45) is 4.90. The number of benzene rings is 1. The molecular weight excluding hydrogens is 350 g/mol. The number of carbonyl (C=O) groups excluding carboxylic acids is 1. The summed E-state index contributed by atoms with van der Waals surface area (Å²) in [5.41, 5.74) is 2.47. The summed E-state index contributed by atoms with van der Waals surface area (Å²) in [6.45, 7) is 5.76. The molecule has 1 aromatic carbocycles. The highest BCUT2D eigenvalue weighted by atomic mass is 35.5. The molecule has 1 unspecified atom stereocenters. The van der Waals surface area contributed by atoms with E-state index in [2.05, 4.69) is 40.3 Å². The van der Waals surface area contributed by atoms with E-state index < -0.39 is 0 Å². The van der Waals surface area contributed by atoms with Crippen LogP contribution in [0.5, 0.6) is 0 Å². The number of rotatable bonds is 3. The number of likely N-dealkylation sites (N-methyl/N-ethyl adjacent to an activating group) is 1. The topological polar surface area (TPSA) is 48.6 Å². The first-order valence-electron chi connectivity index (χ1n) is 9.26. The Hall–Kier alpha value is -1.56. The van der Waals surface area contributed by atoms with Crippen molar-refractivity contribution in [3.05, 3.63) is 36.0 Å². The van der Waals surface area contributed by atoms with Crippen LogP contribution in [0, 0.1) is 0 Å². The largest absolute Gasteiger partial charge is 0.361 e. The van der Waals surface area contributed by atoms with E-state index in [1.54, 1.807) is 0 Å². The minimum Gasteiger partial charge on any atom is -0.361 e. The zero-order chi connectivity index (χ0) is 17.4. The van der Waals surface area contributed by atoms with Crippen molar-refractivity contribution in [1.29, 1.82) is 0 Å². The van der Waals surface area contributed by atoms with Gasteiger partial charge in [-0.05, 0) is 37.8 Å². The van der Waals surface area contributed by atoms with Crippen molar-refractivity contribution in [2.75, 3.05) is 33.2 Å². The molecule has 3 heterocycles. The molecule has 6 heteroatoms. The maximum absolute atomic E-state index is 11.9. The first kappa shape index (κ1) is 19.2. The Bertz CT molecular complexity index is 751. The molecule has 0 aliphatic carbocycles.